The third-order valence-corrected chi connectivity index (χ3v) is 16.5. The van der Waals surface area contributed by atoms with E-state index in [-0.39, 0.29) is 37.2 Å². The lowest BCUT2D eigenvalue weighted by Gasteiger charge is -2.48. The number of fused-ring (bicyclic) bond motifs is 1. The van der Waals surface area contributed by atoms with Crippen molar-refractivity contribution in [2.75, 3.05) is 19.8 Å². The highest BCUT2D eigenvalue weighted by atomic mass is 28.4. The van der Waals surface area contributed by atoms with Crippen LogP contribution in [-0.4, -0.2) is 101 Å². The Labute approximate surface area is 353 Å². The zero-order chi connectivity index (χ0) is 42.4. The molecule has 0 radical (unpaired) electrons. The Morgan fingerprint density at radius 3 is 1.98 bits per heavy atom. The molecule has 10 atom stereocenters. The van der Waals surface area contributed by atoms with Gasteiger partial charge in [-0.05, 0) is 57.8 Å². The number of unbranched alkanes of at least 4 members (excludes halogenated alkanes) is 4. The number of carbonyl (C=O) groups is 1. The van der Waals surface area contributed by atoms with E-state index in [1.807, 2.05) is 88.4 Å². The number of benzene rings is 2. The quantitative estimate of drug-likeness (QED) is 0.0811. The van der Waals surface area contributed by atoms with E-state index in [1.165, 1.54) is 0 Å². The van der Waals surface area contributed by atoms with Crippen molar-refractivity contribution >= 4 is 14.3 Å². The van der Waals surface area contributed by atoms with Crippen molar-refractivity contribution < 1.29 is 56.6 Å². The van der Waals surface area contributed by atoms with Crippen molar-refractivity contribution in [2.45, 2.75) is 192 Å². The van der Waals surface area contributed by atoms with Crippen molar-refractivity contribution in [1.82, 2.24) is 0 Å². The van der Waals surface area contributed by atoms with Crippen molar-refractivity contribution in [1.29, 1.82) is 0 Å². The van der Waals surface area contributed by atoms with Crippen LogP contribution in [0.25, 0.3) is 0 Å². The van der Waals surface area contributed by atoms with Gasteiger partial charge >= 0.3 is 5.97 Å². The van der Waals surface area contributed by atoms with Crippen LogP contribution < -0.4 is 0 Å². The molecule has 0 unspecified atom stereocenters. The summed E-state index contributed by atoms with van der Waals surface area (Å²) < 4.78 is 72.1. The second kappa shape index (κ2) is 19.8. The maximum Gasteiger partial charge on any atom is 0.306 e. The highest BCUT2D eigenvalue weighted by Crippen LogP contribution is 2.42. The van der Waals surface area contributed by atoms with Gasteiger partial charge in [-0.15, -0.1) is 0 Å². The fraction of sp³-hybridized carbons (Fsp3) is 0.717. The fourth-order valence-corrected chi connectivity index (χ4v) is 8.88. The predicted molar refractivity (Wildman–Crippen MR) is 224 cm³/mol. The van der Waals surface area contributed by atoms with Gasteiger partial charge < -0.3 is 51.8 Å². The minimum atomic E-state index is -2.10. The first-order chi connectivity index (χ1) is 28.0. The molecule has 4 aliphatic heterocycles. The number of hydrogen-bond donors (Lipinski definition) is 0. The molecule has 59 heavy (non-hydrogen) atoms. The van der Waals surface area contributed by atoms with Crippen LogP contribution in [0, 0.1) is 0 Å². The maximum atomic E-state index is 13.7. The first kappa shape index (κ1) is 46.2. The highest BCUT2D eigenvalue weighted by Gasteiger charge is 2.57. The third kappa shape index (κ3) is 12.2. The van der Waals surface area contributed by atoms with E-state index in [9.17, 15) is 4.79 Å². The topological polar surface area (TPSA) is 119 Å². The molecule has 4 heterocycles. The zero-order valence-corrected chi connectivity index (χ0v) is 38.0. The van der Waals surface area contributed by atoms with Gasteiger partial charge in [-0.25, -0.2) is 0 Å². The van der Waals surface area contributed by atoms with E-state index >= 15 is 0 Å². The molecule has 0 spiro atoms. The summed E-state index contributed by atoms with van der Waals surface area (Å²) in [5.41, 5.74) is 1.84. The largest absolute Gasteiger partial charge is 0.454 e. The van der Waals surface area contributed by atoms with Crippen LogP contribution in [-0.2, 0) is 63.2 Å². The van der Waals surface area contributed by atoms with Crippen molar-refractivity contribution in [3.8, 4) is 0 Å². The second-order valence-electron chi connectivity index (χ2n) is 18.8. The predicted octanol–water partition coefficient (Wildman–Crippen LogP) is 8.76. The second-order valence-corrected chi connectivity index (χ2v) is 23.6. The monoisotopic (exact) mass is 842 g/mol. The van der Waals surface area contributed by atoms with Crippen LogP contribution in [0.5, 0.6) is 0 Å². The average molecular weight is 843 g/mol. The Kier molecular flexibility index (Phi) is 15.5. The fourth-order valence-electron chi connectivity index (χ4n) is 7.86. The lowest BCUT2D eigenvalue weighted by molar-refractivity contribution is -0.369. The summed E-state index contributed by atoms with van der Waals surface area (Å²) in [5.74, 6) is -2.15. The molecule has 12 nitrogen and oxygen atoms in total. The van der Waals surface area contributed by atoms with Gasteiger partial charge in [0.2, 0.25) is 0 Å². The van der Waals surface area contributed by atoms with Crippen LogP contribution in [0.2, 0.25) is 18.1 Å². The summed E-state index contributed by atoms with van der Waals surface area (Å²) in [6.07, 6.45) is -1.46. The Morgan fingerprint density at radius 1 is 0.746 bits per heavy atom. The molecule has 0 N–H and O–H groups in total. The molecule has 2 aromatic carbocycles. The van der Waals surface area contributed by atoms with Gasteiger partial charge in [-0.3, -0.25) is 4.79 Å². The van der Waals surface area contributed by atoms with Gasteiger partial charge in [0.25, 0.3) is 0 Å². The van der Waals surface area contributed by atoms with Crippen LogP contribution in [0.15, 0.2) is 60.7 Å². The summed E-state index contributed by atoms with van der Waals surface area (Å²) in [6, 6.07) is 19.7. The van der Waals surface area contributed by atoms with Crippen molar-refractivity contribution in [2.24, 2.45) is 0 Å². The first-order valence-electron chi connectivity index (χ1n) is 21.7. The molecule has 0 saturated carbocycles. The van der Waals surface area contributed by atoms with Crippen LogP contribution in [0.1, 0.15) is 111 Å². The van der Waals surface area contributed by atoms with E-state index in [1.54, 1.807) is 0 Å². The van der Waals surface area contributed by atoms with Crippen molar-refractivity contribution in [3.05, 3.63) is 71.8 Å². The lowest BCUT2D eigenvalue weighted by Crippen LogP contribution is -2.64. The zero-order valence-electron chi connectivity index (χ0n) is 37.0. The number of rotatable bonds is 18. The van der Waals surface area contributed by atoms with Gasteiger partial charge in [-0.1, -0.05) is 114 Å². The van der Waals surface area contributed by atoms with Crippen molar-refractivity contribution in [3.63, 3.8) is 0 Å². The average Bonchev–Trinajstić information content (AvgIpc) is 3.68. The molecule has 0 amide bonds. The minimum absolute atomic E-state index is 0.0242. The Bertz CT molecular complexity index is 1600. The van der Waals surface area contributed by atoms with Crippen LogP contribution in [0.3, 0.4) is 0 Å². The summed E-state index contributed by atoms with van der Waals surface area (Å²) >= 11 is 0. The molecule has 0 aromatic heterocycles. The van der Waals surface area contributed by atoms with E-state index in [0.29, 0.717) is 6.61 Å². The summed E-state index contributed by atoms with van der Waals surface area (Å²) in [5, 5.41) is 0.0242. The molecular weight excluding hydrogens is 773 g/mol. The summed E-state index contributed by atoms with van der Waals surface area (Å²) in [4.78, 5) is 13.7. The molecule has 4 fully saturated rings. The number of carbonyl (C=O) groups excluding carboxylic acids is 1. The summed E-state index contributed by atoms with van der Waals surface area (Å²) in [6.45, 7) is 21.7. The van der Waals surface area contributed by atoms with Gasteiger partial charge in [0.05, 0.1) is 26.4 Å². The van der Waals surface area contributed by atoms with E-state index < -0.39 is 81.3 Å². The highest BCUT2D eigenvalue weighted by molar-refractivity contribution is 6.74. The SMILES string of the molecule is CCCCCCCC(=O)O[C@@H]1[C@H](OC[C@H]2OC(C)(C)O[C@H]2[C@@H]2OC(C)(C)O[C@@H]2CO[Si](C)(C)C(C)(C)C)O[C@@H]2CO[C@@H](c3ccccc3)O[C@H]2[C@@H]1OCc1ccccc1. The third-order valence-electron chi connectivity index (χ3n) is 12.0. The molecule has 4 saturated heterocycles. The summed E-state index contributed by atoms with van der Waals surface area (Å²) in [7, 11) is -2.10. The normalized spacial score (nSPS) is 31.8. The first-order valence-corrected chi connectivity index (χ1v) is 24.7. The molecule has 6 rings (SSSR count). The number of ether oxygens (including phenoxy) is 10. The minimum Gasteiger partial charge on any atom is -0.454 e. The van der Waals surface area contributed by atoms with Gasteiger partial charge in [-0.2, -0.15) is 0 Å². The van der Waals surface area contributed by atoms with E-state index in [0.717, 1.165) is 43.2 Å². The van der Waals surface area contributed by atoms with Crippen LogP contribution in [0.4, 0.5) is 0 Å². The van der Waals surface area contributed by atoms with E-state index in [2.05, 4.69) is 40.8 Å². The number of esters is 1. The smallest absolute Gasteiger partial charge is 0.306 e. The molecule has 4 aliphatic rings. The van der Waals surface area contributed by atoms with Crippen LogP contribution >= 0.6 is 0 Å². The maximum absolute atomic E-state index is 13.7. The standard InChI is InChI=1S/C46H70O12Si/c1-11-12-13-14-21-26-36(47)53-41-40(48-27-31-22-17-15-18-23-31)37-33(28-49-42(54-37)32-24-19-16-20-25-32)52-43(41)50-29-34-38(57-45(5,6)55-34)39-35(56-46(7,8)58-39)30-51-59(9,10)44(2,3)4/h15-20,22-25,33-35,37-43H,11-14,21,26-30H2,1-10H3/t33-,34-,35-,37-,38-,39-,40+,41+,42-,43-/m1/s1. The van der Waals surface area contributed by atoms with Gasteiger partial charge in [0.1, 0.15) is 42.7 Å². The Balaban J connectivity index is 1.24. The molecular formula is C46H70O12Si. The molecule has 2 aromatic rings. The molecule has 0 bridgehead atoms. The molecule has 13 heteroatoms. The Morgan fingerprint density at radius 2 is 1.36 bits per heavy atom. The molecule has 0 aliphatic carbocycles. The van der Waals surface area contributed by atoms with Gasteiger partial charge in [0.15, 0.2) is 38.6 Å². The Hall–Kier alpha value is -2.27. The van der Waals surface area contributed by atoms with E-state index in [4.69, 9.17) is 51.8 Å². The lowest BCUT2D eigenvalue weighted by atomic mass is 9.96. The molecule has 330 valence electrons. The number of hydrogen-bond acceptors (Lipinski definition) is 12. The van der Waals surface area contributed by atoms with Gasteiger partial charge in [0, 0.05) is 12.0 Å².